The molecule has 0 spiro atoms. The van der Waals surface area contributed by atoms with Crippen LogP contribution in [0.25, 0.3) is 0 Å². The Bertz CT molecular complexity index is 416. The van der Waals surface area contributed by atoms with Gasteiger partial charge in [0.15, 0.2) is 0 Å². The van der Waals surface area contributed by atoms with Gasteiger partial charge in [-0.2, -0.15) is 0 Å². The first-order valence-corrected chi connectivity index (χ1v) is 6.34. The Kier molecular flexibility index (Phi) is 4.02. The molecule has 1 heterocycles. The van der Waals surface area contributed by atoms with Crippen molar-refractivity contribution in [2.24, 2.45) is 0 Å². The van der Waals surface area contributed by atoms with E-state index in [-0.39, 0.29) is 11.7 Å². The van der Waals surface area contributed by atoms with Gasteiger partial charge in [-0.1, -0.05) is 15.9 Å². The summed E-state index contributed by atoms with van der Waals surface area (Å²) in [5.74, 6) is -0.924. The molecule has 1 fully saturated rings. The van der Waals surface area contributed by atoms with Crippen LogP contribution in [0.5, 0.6) is 0 Å². The molecule has 0 aromatic heterocycles. The number of anilines is 1. The van der Waals surface area contributed by atoms with Gasteiger partial charge in [-0.15, -0.1) is 0 Å². The topological polar surface area (TPSA) is 58.6 Å². The lowest BCUT2D eigenvalue weighted by atomic mass is 10.1. The highest BCUT2D eigenvalue weighted by molar-refractivity contribution is 9.10. The number of halogens is 1. The van der Waals surface area contributed by atoms with Crippen LogP contribution < -0.4 is 5.32 Å². The summed E-state index contributed by atoms with van der Waals surface area (Å²) in [4.78, 5) is 11.0. The van der Waals surface area contributed by atoms with Crippen LogP contribution >= 0.6 is 15.9 Å². The number of ether oxygens (including phenoxy) is 1. The van der Waals surface area contributed by atoms with Gasteiger partial charge in [-0.25, -0.2) is 4.79 Å². The summed E-state index contributed by atoms with van der Waals surface area (Å²) in [5.41, 5.74) is 0.911. The number of nitrogens with one attached hydrogen (secondary N) is 1. The van der Waals surface area contributed by atoms with Crippen LogP contribution in [-0.4, -0.2) is 30.3 Å². The summed E-state index contributed by atoms with van der Waals surface area (Å²) >= 11 is 3.33. The normalized spacial score (nSPS) is 19.2. The molecule has 2 rings (SSSR count). The predicted molar refractivity (Wildman–Crippen MR) is 68.6 cm³/mol. The van der Waals surface area contributed by atoms with Crippen LogP contribution in [0.2, 0.25) is 0 Å². The van der Waals surface area contributed by atoms with Gasteiger partial charge in [-0.05, 0) is 31.0 Å². The summed E-state index contributed by atoms with van der Waals surface area (Å²) in [5, 5.41) is 12.2. The molecule has 0 saturated carbocycles. The molecular formula is C12H14BrNO3. The van der Waals surface area contributed by atoms with Crippen LogP contribution in [0.15, 0.2) is 22.7 Å². The number of aromatic carboxylic acids is 1. The van der Waals surface area contributed by atoms with Gasteiger partial charge < -0.3 is 15.2 Å². The van der Waals surface area contributed by atoms with Gasteiger partial charge in [0.25, 0.3) is 0 Å². The molecule has 1 unspecified atom stereocenters. The lowest BCUT2D eigenvalue weighted by molar-refractivity contribution is 0.0697. The fourth-order valence-corrected chi connectivity index (χ4v) is 2.24. The zero-order valence-electron chi connectivity index (χ0n) is 9.28. The summed E-state index contributed by atoms with van der Waals surface area (Å²) in [6, 6.07) is 5.09. The van der Waals surface area contributed by atoms with Crippen LogP contribution in [0.1, 0.15) is 23.2 Å². The first-order valence-electron chi connectivity index (χ1n) is 5.55. The maximum absolute atomic E-state index is 11.0. The van der Waals surface area contributed by atoms with E-state index in [0.29, 0.717) is 12.2 Å². The average molecular weight is 300 g/mol. The van der Waals surface area contributed by atoms with Crippen molar-refractivity contribution in [3.05, 3.63) is 28.2 Å². The van der Waals surface area contributed by atoms with Crippen molar-refractivity contribution in [2.75, 3.05) is 18.5 Å². The van der Waals surface area contributed by atoms with Gasteiger partial charge in [-0.3, -0.25) is 0 Å². The first-order chi connectivity index (χ1) is 8.16. The summed E-state index contributed by atoms with van der Waals surface area (Å²) in [6.45, 7) is 1.45. The highest BCUT2D eigenvalue weighted by atomic mass is 79.9. The summed E-state index contributed by atoms with van der Waals surface area (Å²) in [6.07, 6.45) is 2.30. The van der Waals surface area contributed by atoms with Crippen molar-refractivity contribution in [3.8, 4) is 0 Å². The number of carbonyl (C=O) groups is 1. The zero-order chi connectivity index (χ0) is 12.3. The second-order valence-electron chi connectivity index (χ2n) is 4.01. The number of hydrogen-bond acceptors (Lipinski definition) is 3. The lowest BCUT2D eigenvalue weighted by Gasteiger charge is -2.14. The Morgan fingerprint density at radius 2 is 2.41 bits per heavy atom. The quantitative estimate of drug-likeness (QED) is 0.897. The second kappa shape index (κ2) is 5.51. The van der Waals surface area contributed by atoms with E-state index in [1.54, 1.807) is 18.2 Å². The van der Waals surface area contributed by atoms with E-state index in [0.717, 1.165) is 23.9 Å². The van der Waals surface area contributed by atoms with Crippen molar-refractivity contribution in [1.82, 2.24) is 0 Å². The second-order valence-corrected chi connectivity index (χ2v) is 4.93. The maximum atomic E-state index is 11.0. The van der Waals surface area contributed by atoms with E-state index < -0.39 is 5.97 Å². The molecule has 0 radical (unpaired) electrons. The van der Waals surface area contributed by atoms with Crippen LogP contribution in [-0.2, 0) is 4.74 Å². The summed E-state index contributed by atoms with van der Waals surface area (Å²) in [7, 11) is 0. The Morgan fingerprint density at radius 3 is 3.06 bits per heavy atom. The molecule has 0 aliphatic carbocycles. The van der Waals surface area contributed by atoms with Crippen molar-refractivity contribution in [2.45, 2.75) is 18.9 Å². The standard InChI is InChI=1S/C12H14BrNO3/c13-8-3-4-10(12(15)16)11(6-8)14-7-9-2-1-5-17-9/h3-4,6,9,14H,1-2,5,7H2,(H,15,16). The van der Waals surface area contributed by atoms with Crippen LogP contribution in [0, 0.1) is 0 Å². The van der Waals surface area contributed by atoms with Crippen molar-refractivity contribution >= 4 is 27.6 Å². The highest BCUT2D eigenvalue weighted by Gasteiger charge is 2.16. The molecule has 1 aromatic rings. The fraction of sp³-hybridized carbons (Fsp3) is 0.417. The Morgan fingerprint density at radius 1 is 1.59 bits per heavy atom. The van der Waals surface area contributed by atoms with Gasteiger partial charge in [0.05, 0.1) is 11.7 Å². The number of benzene rings is 1. The maximum Gasteiger partial charge on any atom is 0.337 e. The molecule has 0 amide bonds. The lowest BCUT2D eigenvalue weighted by Crippen LogP contribution is -2.19. The third-order valence-electron chi connectivity index (χ3n) is 2.76. The highest BCUT2D eigenvalue weighted by Crippen LogP contribution is 2.22. The summed E-state index contributed by atoms with van der Waals surface area (Å²) < 4.78 is 6.34. The van der Waals surface area contributed by atoms with Crippen molar-refractivity contribution < 1.29 is 14.6 Å². The molecule has 5 heteroatoms. The molecule has 1 saturated heterocycles. The molecule has 17 heavy (non-hydrogen) atoms. The van der Waals surface area contributed by atoms with E-state index in [1.807, 2.05) is 0 Å². The smallest absolute Gasteiger partial charge is 0.337 e. The molecule has 92 valence electrons. The van der Waals surface area contributed by atoms with E-state index >= 15 is 0 Å². The Hall–Kier alpha value is -1.07. The van der Waals surface area contributed by atoms with E-state index in [1.165, 1.54) is 0 Å². The number of carboxylic acids is 1. The molecule has 4 nitrogen and oxygen atoms in total. The fourth-order valence-electron chi connectivity index (χ4n) is 1.88. The van der Waals surface area contributed by atoms with E-state index in [4.69, 9.17) is 9.84 Å². The van der Waals surface area contributed by atoms with Crippen LogP contribution in [0.3, 0.4) is 0 Å². The Labute approximate surface area is 108 Å². The molecule has 1 atom stereocenters. The zero-order valence-corrected chi connectivity index (χ0v) is 10.9. The largest absolute Gasteiger partial charge is 0.478 e. The van der Waals surface area contributed by atoms with Gasteiger partial charge in [0.2, 0.25) is 0 Å². The third kappa shape index (κ3) is 3.20. The first kappa shape index (κ1) is 12.4. The Balaban J connectivity index is 2.07. The molecular weight excluding hydrogens is 286 g/mol. The molecule has 2 N–H and O–H groups in total. The van der Waals surface area contributed by atoms with E-state index in [2.05, 4.69) is 21.2 Å². The van der Waals surface area contributed by atoms with Gasteiger partial charge >= 0.3 is 5.97 Å². The van der Waals surface area contributed by atoms with Crippen molar-refractivity contribution in [1.29, 1.82) is 0 Å². The van der Waals surface area contributed by atoms with Crippen LogP contribution in [0.4, 0.5) is 5.69 Å². The molecule has 1 aliphatic heterocycles. The van der Waals surface area contributed by atoms with Crippen molar-refractivity contribution in [3.63, 3.8) is 0 Å². The minimum Gasteiger partial charge on any atom is -0.478 e. The number of carboxylic acid groups (broad SMARTS) is 1. The number of rotatable bonds is 4. The van der Waals surface area contributed by atoms with E-state index in [9.17, 15) is 4.79 Å². The minimum atomic E-state index is -0.924. The van der Waals surface area contributed by atoms with Gasteiger partial charge in [0.1, 0.15) is 0 Å². The molecule has 1 aliphatic rings. The third-order valence-corrected chi connectivity index (χ3v) is 3.25. The SMILES string of the molecule is O=C(O)c1ccc(Br)cc1NCC1CCCO1. The van der Waals surface area contributed by atoms with Gasteiger partial charge in [0, 0.05) is 23.3 Å². The average Bonchev–Trinajstić information content (AvgIpc) is 2.78. The minimum absolute atomic E-state index is 0.190. The molecule has 0 bridgehead atoms. The predicted octanol–water partition coefficient (Wildman–Crippen LogP) is 2.74. The number of hydrogen-bond donors (Lipinski definition) is 2. The molecule has 1 aromatic carbocycles. The monoisotopic (exact) mass is 299 g/mol.